The molecule has 12 heteroatoms. The Morgan fingerprint density at radius 2 is 1.61 bits per heavy atom. The topological polar surface area (TPSA) is 120 Å². The number of benzene rings is 1. The Morgan fingerprint density at radius 3 is 2.12 bits per heavy atom. The first-order valence-electron chi connectivity index (χ1n) is 17.1. The van der Waals surface area contributed by atoms with Crippen molar-refractivity contribution >= 4 is 5.76 Å². The third-order valence-corrected chi connectivity index (χ3v) is 8.35. The minimum Gasteiger partial charge on any atom is -0.461 e. The number of hydrogen-bond acceptors (Lipinski definition) is 12. The van der Waals surface area contributed by atoms with E-state index in [1.165, 1.54) is 32.8 Å². The number of hydrogen-bond donors (Lipinski definition) is 0. The first-order valence-corrected chi connectivity index (χ1v) is 17.1. The minimum atomic E-state index is -0.676. The number of ether oxygens (including phenoxy) is 8. The lowest BCUT2D eigenvalue weighted by atomic mass is 10.1. The maximum Gasteiger partial charge on any atom is 0.519 e. The quantitative estimate of drug-likeness (QED) is 0.299. The second-order valence-electron chi connectivity index (χ2n) is 12.6. The lowest BCUT2D eigenvalue weighted by Gasteiger charge is -2.25. The van der Waals surface area contributed by atoms with Crippen LogP contribution in [0.25, 0.3) is 5.76 Å². The molecule has 2 unspecified atom stereocenters. The van der Waals surface area contributed by atoms with Gasteiger partial charge in [-0.3, -0.25) is 4.90 Å². The van der Waals surface area contributed by atoms with E-state index in [4.69, 9.17) is 37.9 Å². The molecule has 1 saturated carbocycles. The molecule has 4 heterocycles. The first kappa shape index (κ1) is 42.6. The van der Waals surface area contributed by atoms with Crippen LogP contribution in [0, 0.1) is 6.92 Å². The van der Waals surface area contributed by atoms with Gasteiger partial charge in [0.25, 0.3) is 0 Å². The molecule has 49 heavy (non-hydrogen) atoms. The van der Waals surface area contributed by atoms with Gasteiger partial charge in [0.1, 0.15) is 18.1 Å². The van der Waals surface area contributed by atoms with Crippen LogP contribution in [-0.2, 0) is 44.5 Å². The van der Waals surface area contributed by atoms with Crippen molar-refractivity contribution in [3.8, 4) is 0 Å². The second kappa shape index (κ2) is 23.8. The summed E-state index contributed by atoms with van der Waals surface area (Å²) in [6, 6.07) is 7.90. The molecule has 280 valence electrons. The molecule has 1 aliphatic carbocycles. The van der Waals surface area contributed by atoms with Gasteiger partial charge in [-0.1, -0.05) is 43.7 Å². The van der Waals surface area contributed by atoms with Gasteiger partial charge in [0.15, 0.2) is 5.76 Å². The fraction of sp³-hybridized carbons (Fsp3) is 0.703. The standard InChI is InChI=1S/C10H10O2.C8H16O2.C7H15NO2.C6H8O4.C6H12O/c1-7-8-5-3-4-6-9(8)10(11-2)12-7;1-8(2)5-4-7(10-8)6-9-3;1-9-5-2-8-3-6-10-7-4-8;1-4-5(3-8-2)10-6(7)9-4;1-7-6-4-2-3-5-6/h3-6,10H,1H2,2H3;7H,4-6H2,1-3H3;2-7H2,1H3;3H2,1-2H3;6H,2-5H2,1H3. The van der Waals surface area contributed by atoms with Gasteiger partial charge in [-0.15, -0.1) is 0 Å². The monoisotopic (exact) mass is 695 g/mol. The van der Waals surface area contributed by atoms with Crippen molar-refractivity contribution < 1.29 is 46.7 Å². The summed E-state index contributed by atoms with van der Waals surface area (Å²) in [6.45, 7) is 16.5. The zero-order valence-corrected chi connectivity index (χ0v) is 31.1. The maximum atomic E-state index is 10.4. The van der Waals surface area contributed by atoms with E-state index in [-0.39, 0.29) is 18.5 Å². The van der Waals surface area contributed by atoms with E-state index >= 15 is 0 Å². The maximum absolute atomic E-state index is 10.4. The van der Waals surface area contributed by atoms with E-state index in [0.29, 0.717) is 29.5 Å². The van der Waals surface area contributed by atoms with Gasteiger partial charge >= 0.3 is 5.82 Å². The van der Waals surface area contributed by atoms with Crippen LogP contribution >= 0.6 is 0 Å². The van der Waals surface area contributed by atoms with Gasteiger partial charge in [-0.05, 0) is 46.5 Å². The molecule has 0 N–H and O–H groups in total. The smallest absolute Gasteiger partial charge is 0.461 e. The molecule has 0 radical (unpaired) electrons. The number of aryl methyl sites for hydroxylation is 1. The fourth-order valence-corrected chi connectivity index (χ4v) is 5.58. The molecule has 0 spiro atoms. The summed E-state index contributed by atoms with van der Waals surface area (Å²) in [5.74, 6) is 0.946. The normalized spacial score (nSPS) is 21.1. The lowest BCUT2D eigenvalue weighted by Crippen LogP contribution is -2.38. The molecule has 2 aromatic rings. The van der Waals surface area contributed by atoms with E-state index < -0.39 is 5.82 Å². The highest BCUT2D eigenvalue weighted by Crippen LogP contribution is 2.37. The van der Waals surface area contributed by atoms with Crippen molar-refractivity contribution in [3.05, 3.63) is 64.1 Å². The van der Waals surface area contributed by atoms with Gasteiger partial charge in [-0.2, -0.15) is 0 Å². The van der Waals surface area contributed by atoms with Crippen molar-refractivity contribution in [2.24, 2.45) is 0 Å². The van der Waals surface area contributed by atoms with Crippen molar-refractivity contribution in [2.75, 3.05) is 81.6 Å². The average molecular weight is 696 g/mol. The van der Waals surface area contributed by atoms with Crippen LogP contribution in [0.5, 0.6) is 0 Å². The predicted molar refractivity (Wildman–Crippen MR) is 187 cm³/mol. The highest BCUT2D eigenvalue weighted by Gasteiger charge is 2.31. The van der Waals surface area contributed by atoms with Crippen LogP contribution in [0.15, 0.2) is 44.5 Å². The van der Waals surface area contributed by atoms with Crippen LogP contribution in [0.2, 0.25) is 0 Å². The number of morpholine rings is 1. The number of fused-ring (bicyclic) bond motifs is 1. The Balaban J connectivity index is 0.000000215. The molecule has 2 atom stereocenters. The molecule has 2 saturated heterocycles. The van der Waals surface area contributed by atoms with Crippen molar-refractivity contribution in [3.63, 3.8) is 0 Å². The average Bonchev–Trinajstić information content (AvgIpc) is 3.89. The van der Waals surface area contributed by atoms with Crippen LogP contribution in [0.4, 0.5) is 0 Å². The van der Waals surface area contributed by atoms with E-state index in [9.17, 15) is 4.79 Å². The van der Waals surface area contributed by atoms with E-state index in [2.05, 4.69) is 34.2 Å². The number of methoxy groups -OCH3 is 5. The zero-order chi connectivity index (χ0) is 36.1. The fourth-order valence-electron chi connectivity index (χ4n) is 5.58. The van der Waals surface area contributed by atoms with Gasteiger partial charge in [-0.25, -0.2) is 4.79 Å². The van der Waals surface area contributed by atoms with Crippen LogP contribution < -0.4 is 5.82 Å². The van der Waals surface area contributed by atoms with Crippen LogP contribution in [0.1, 0.15) is 81.3 Å². The molecule has 4 aliphatic rings. The molecule has 1 aromatic carbocycles. The highest BCUT2D eigenvalue weighted by molar-refractivity contribution is 5.64. The Hall–Kier alpha value is -2.55. The third-order valence-electron chi connectivity index (χ3n) is 8.35. The molecule has 3 fully saturated rings. The van der Waals surface area contributed by atoms with Gasteiger partial charge in [0.2, 0.25) is 6.29 Å². The summed E-state index contributed by atoms with van der Waals surface area (Å²) in [7, 11) is 8.40. The third kappa shape index (κ3) is 16.3. The number of nitrogens with zero attached hydrogens (tertiary/aromatic N) is 1. The second-order valence-corrected chi connectivity index (χ2v) is 12.6. The molecule has 12 nitrogen and oxygen atoms in total. The summed E-state index contributed by atoms with van der Waals surface area (Å²) in [5.41, 5.74) is 2.19. The Morgan fingerprint density at radius 1 is 0.918 bits per heavy atom. The zero-order valence-electron chi connectivity index (χ0n) is 31.1. The Bertz CT molecular complexity index is 1210. The van der Waals surface area contributed by atoms with Gasteiger partial charge < -0.3 is 46.7 Å². The minimum absolute atomic E-state index is 0.0865. The molecule has 0 amide bonds. The van der Waals surface area contributed by atoms with E-state index in [0.717, 1.165) is 70.0 Å². The van der Waals surface area contributed by atoms with Crippen LogP contribution in [0.3, 0.4) is 0 Å². The summed E-state index contributed by atoms with van der Waals surface area (Å²) in [6.07, 6.45) is 8.28. The molecule has 3 aliphatic heterocycles. The molecule has 0 bridgehead atoms. The molecular formula is C37H61NO11. The summed E-state index contributed by atoms with van der Waals surface area (Å²) in [4.78, 5) is 12.8. The SMILES string of the molecule is C=C1OC(OC)c2ccccc21.COC1CCCC1.COCC1CCC(C)(C)O1.COCCN1CCOCC1.COCc1oc(=O)oc1C. The lowest BCUT2D eigenvalue weighted by molar-refractivity contribution is -0.0647. The Labute approximate surface area is 292 Å². The van der Waals surface area contributed by atoms with Crippen LogP contribution in [-0.4, -0.2) is 104 Å². The molecular weight excluding hydrogens is 634 g/mol. The summed E-state index contributed by atoms with van der Waals surface area (Å²) < 4.78 is 50.3. The summed E-state index contributed by atoms with van der Waals surface area (Å²) in [5, 5.41) is 0. The van der Waals surface area contributed by atoms with Crippen molar-refractivity contribution in [1.82, 2.24) is 4.90 Å². The van der Waals surface area contributed by atoms with E-state index in [1.54, 1.807) is 35.4 Å². The predicted octanol–water partition coefficient (Wildman–Crippen LogP) is 6.15. The van der Waals surface area contributed by atoms with E-state index in [1.807, 2.05) is 24.3 Å². The molecule has 1 aromatic heterocycles. The van der Waals surface area contributed by atoms with Gasteiger partial charge in [0, 0.05) is 66.3 Å². The highest BCUT2D eigenvalue weighted by atomic mass is 16.7. The first-order chi connectivity index (χ1) is 23.6. The van der Waals surface area contributed by atoms with Crippen molar-refractivity contribution in [2.45, 2.75) is 90.0 Å². The summed E-state index contributed by atoms with van der Waals surface area (Å²) >= 11 is 0. The number of rotatable bonds is 9. The largest absolute Gasteiger partial charge is 0.519 e. The van der Waals surface area contributed by atoms with Crippen molar-refractivity contribution in [1.29, 1.82) is 0 Å². The Kier molecular flexibility index (Phi) is 20.7. The van der Waals surface area contributed by atoms with Gasteiger partial charge in [0.05, 0.1) is 44.2 Å². The molecule has 6 rings (SSSR count).